The van der Waals surface area contributed by atoms with E-state index in [1.54, 1.807) is 0 Å². The molecule has 5 aromatic carbocycles. The van der Waals surface area contributed by atoms with Crippen molar-refractivity contribution in [3.63, 3.8) is 0 Å². The van der Waals surface area contributed by atoms with E-state index < -0.39 is 0 Å². The average Bonchev–Trinajstić information content (AvgIpc) is 3.16. The third kappa shape index (κ3) is 3.63. The van der Waals surface area contributed by atoms with E-state index in [1.807, 2.05) is 0 Å². The highest BCUT2D eigenvalue weighted by molar-refractivity contribution is 6.01. The molecule has 2 heteroatoms. The molecule has 0 radical (unpaired) electrons. The van der Waals surface area contributed by atoms with Gasteiger partial charge in [0, 0.05) is 16.8 Å². The Labute approximate surface area is 238 Å². The largest absolute Gasteiger partial charge is 0.306 e. The standard InChI is InChI=1S/C38H36N2/c1-25-15-21-29-30-22-20-28(24-32(30)38(5,6)31(29)23-25)40-35-13-9-7-11-33(35)39(34-12-8-10-14-36(34)40)27-18-16-26(17-19-27)37(2,3)4/h7-24H,1-6H3. The van der Waals surface area contributed by atoms with E-state index in [4.69, 9.17) is 0 Å². The molecule has 198 valence electrons. The van der Waals surface area contributed by atoms with Crippen LogP contribution in [-0.2, 0) is 10.8 Å². The van der Waals surface area contributed by atoms with Crippen LogP contribution in [0.2, 0.25) is 0 Å². The van der Waals surface area contributed by atoms with Gasteiger partial charge in [-0.1, -0.05) is 101 Å². The Morgan fingerprint density at radius 2 is 0.975 bits per heavy atom. The van der Waals surface area contributed by atoms with Crippen molar-refractivity contribution in [3.8, 4) is 11.1 Å². The summed E-state index contributed by atoms with van der Waals surface area (Å²) in [5.41, 5.74) is 15.3. The van der Waals surface area contributed by atoms with Gasteiger partial charge in [-0.3, -0.25) is 0 Å². The monoisotopic (exact) mass is 520 g/mol. The van der Waals surface area contributed by atoms with Crippen LogP contribution in [0.3, 0.4) is 0 Å². The number of hydrogen-bond acceptors (Lipinski definition) is 2. The van der Waals surface area contributed by atoms with Crippen molar-refractivity contribution in [2.24, 2.45) is 0 Å². The fourth-order valence-electron chi connectivity index (χ4n) is 6.59. The van der Waals surface area contributed by atoms with E-state index in [0.29, 0.717) is 0 Å². The quantitative estimate of drug-likeness (QED) is 0.224. The van der Waals surface area contributed by atoms with Crippen LogP contribution in [0, 0.1) is 6.92 Å². The normalized spacial score (nSPS) is 14.8. The lowest BCUT2D eigenvalue weighted by Crippen LogP contribution is -2.24. The smallest absolute Gasteiger partial charge is 0.0703 e. The number of fused-ring (bicyclic) bond motifs is 5. The van der Waals surface area contributed by atoms with Crippen LogP contribution in [0.15, 0.2) is 109 Å². The summed E-state index contributed by atoms with van der Waals surface area (Å²) in [6.45, 7) is 13.7. The second-order valence-corrected chi connectivity index (χ2v) is 12.8. The molecule has 40 heavy (non-hydrogen) atoms. The summed E-state index contributed by atoms with van der Waals surface area (Å²) < 4.78 is 0. The highest BCUT2D eigenvalue weighted by atomic mass is 15.3. The molecule has 1 heterocycles. The van der Waals surface area contributed by atoms with E-state index in [1.165, 1.54) is 67.5 Å². The first-order valence-corrected chi connectivity index (χ1v) is 14.3. The Morgan fingerprint density at radius 3 is 1.50 bits per heavy atom. The summed E-state index contributed by atoms with van der Waals surface area (Å²) in [6, 6.07) is 40.6. The van der Waals surface area contributed by atoms with Crippen LogP contribution in [-0.4, -0.2) is 0 Å². The second kappa shape index (κ2) is 8.60. The molecule has 0 bridgehead atoms. The minimum Gasteiger partial charge on any atom is -0.306 e. The Balaban J connectivity index is 1.39. The predicted molar refractivity (Wildman–Crippen MR) is 170 cm³/mol. The van der Waals surface area contributed by atoms with Gasteiger partial charge in [0.05, 0.1) is 22.7 Å². The van der Waals surface area contributed by atoms with Crippen molar-refractivity contribution in [1.29, 1.82) is 0 Å². The highest BCUT2D eigenvalue weighted by Gasteiger charge is 2.37. The first-order valence-electron chi connectivity index (χ1n) is 14.3. The lowest BCUT2D eigenvalue weighted by atomic mass is 9.82. The zero-order chi connectivity index (χ0) is 27.8. The topological polar surface area (TPSA) is 6.48 Å². The van der Waals surface area contributed by atoms with E-state index in [-0.39, 0.29) is 10.8 Å². The van der Waals surface area contributed by atoms with Crippen LogP contribution in [0.1, 0.15) is 56.9 Å². The van der Waals surface area contributed by atoms with Gasteiger partial charge in [-0.05, 0) is 88.7 Å². The first-order chi connectivity index (χ1) is 19.1. The molecule has 7 rings (SSSR count). The molecule has 1 aliphatic carbocycles. The molecular formula is C38H36N2. The SMILES string of the molecule is Cc1ccc2c(c1)C(C)(C)c1cc(N3c4ccccc4N(c4ccc(C(C)(C)C)cc4)c4ccccc43)ccc1-2. The molecule has 1 aliphatic heterocycles. The summed E-state index contributed by atoms with van der Waals surface area (Å²) in [6.07, 6.45) is 0. The van der Waals surface area contributed by atoms with E-state index in [2.05, 4.69) is 161 Å². The van der Waals surface area contributed by atoms with Crippen molar-refractivity contribution >= 4 is 34.1 Å². The summed E-state index contributed by atoms with van der Waals surface area (Å²) in [7, 11) is 0. The van der Waals surface area contributed by atoms with Crippen LogP contribution in [0.4, 0.5) is 34.1 Å². The lowest BCUT2D eigenvalue weighted by Gasteiger charge is -2.40. The number of benzene rings is 5. The molecular weight excluding hydrogens is 484 g/mol. The Kier molecular flexibility index (Phi) is 5.31. The Hall–Kier alpha value is -4.30. The summed E-state index contributed by atoms with van der Waals surface area (Å²) in [5, 5.41) is 0. The predicted octanol–water partition coefficient (Wildman–Crippen LogP) is 10.9. The molecule has 2 nitrogen and oxygen atoms in total. The minimum atomic E-state index is -0.0532. The Bertz CT molecular complexity index is 1720. The van der Waals surface area contributed by atoms with Gasteiger partial charge >= 0.3 is 0 Å². The number of nitrogens with zero attached hydrogens (tertiary/aromatic N) is 2. The third-order valence-corrected chi connectivity index (χ3v) is 8.79. The van der Waals surface area contributed by atoms with Gasteiger partial charge in [-0.15, -0.1) is 0 Å². The van der Waals surface area contributed by atoms with Crippen LogP contribution >= 0.6 is 0 Å². The van der Waals surface area contributed by atoms with Crippen molar-refractivity contribution in [3.05, 3.63) is 131 Å². The molecule has 0 aromatic heterocycles. The molecule has 0 fully saturated rings. The summed E-state index contributed by atoms with van der Waals surface area (Å²) >= 11 is 0. The third-order valence-electron chi connectivity index (χ3n) is 8.79. The first kappa shape index (κ1) is 24.7. The van der Waals surface area contributed by atoms with Gasteiger partial charge in [0.15, 0.2) is 0 Å². The summed E-state index contributed by atoms with van der Waals surface area (Å²) in [4.78, 5) is 4.85. The molecule has 0 amide bonds. The molecule has 0 saturated carbocycles. The zero-order valence-electron chi connectivity index (χ0n) is 24.3. The van der Waals surface area contributed by atoms with Gasteiger partial charge in [0.25, 0.3) is 0 Å². The van der Waals surface area contributed by atoms with Crippen molar-refractivity contribution in [1.82, 2.24) is 0 Å². The second-order valence-electron chi connectivity index (χ2n) is 12.8. The Morgan fingerprint density at radius 1 is 0.525 bits per heavy atom. The van der Waals surface area contributed by atoms with Crippen LogP contribution in [0.25, 0.3) is 11.1 Å². The summed E-state index contributed by atoms with van der Waals surface area (Å²) in [5.74, 6) is 0. The fraction of sp³-hybridized carbons (Fsp3) is 0.211. The average molecular weight is 521 g/mol. The number of hydrogen-bond donors (Lipinski definition) is 0. The van der Waals surface area contributed by atoms with Gasteiger partial charge in [0.2, 0.25) is 0 Å². The number of anilines is 6. The van der Waals surface area contributed by atoms with Gasteiger partial charge in [-0.2, -0.15) is 0 Å². The molecule has 0 N–H and O–H groups in total. The van der Waals surface area contributed by atoms with Crippen molar-refractivity contribution < 1.29 is 0 Å². The van der Waals surface area contributed by atoms with Gasteiger partial charge < -0.3 is 9.80 Å². The van der Waals surface area contributed by atoms with Crippen molar-refractivity contribution in [2.45, 2.75) is 52.4 Å². The maximum Gasteiger partial charge on any atom is 0.0703 e. The van der Waals surface area contributed by atoms with Gasteiger partial charge in [-0.25, -0.2) is 0 Å². The van der Waals surface area contributed by atoms with Crippen LogP contribution < -0.4 is 9.80 Å². The van der Waals surface area contributed by atoms with E-state index >= 15 is 0 Å². The molecule has 0 saturated heterocycles. The molecule has 0 spiro atoms. The molecule has 0 atom stereocenters. The van der Waals surface area contributed by atoms with Gasteiger partial charge in [0.1, 0.15) is 0 Å². The lowest BCUT2D eigenvalue weighted by molar-refractivity contribution is 0.590. The molecule has 5 aromatic rings. The number of para-hydroxylation sites is 4. The zero-order valence-corrected chi connectivity index (χ0v) is 24.3. The fourth-order valence-corrected chi connectivity index (χ4v) is 6.59. The van der Waals surface area contributed by atoms with E-state index in [0.717, 1.165) is 0 Å². The maximum atomic E-state index is 2.44. The van der Waals surface area contributed by atoms with Crippen molar-refractivity contribution in [2.75, 3.05) is 9.80 Å². The number of aryl methyl sites for hydroxylation is 1. The number of rotatable bonds is 2. The van der Waals surface area contributed by atoms with Crippen LogP contribution in [0.5, 0.6) is 0 Å². The highest BCUT2D eigenvalue weighted by Crippen LogP contribution is 2.56. The molecule has 2 aliphatic rings. The van der Waals surface area contributed by atoms with E-state index in [9.17, 15) is 0 Å². The maximum absolute atomic E-state index is 2.44. The molecule has 0 unspecified atom stereocenters. The minimum absolute atomic E-state index is 0.0532.